The summed E-state index contributed by atoms with van der Waals surface area (Å²) < 4.78 is 0. The molecule has 1 aliphatic carbocycles. The highest BCUT2D eigenvalue weighted by Crippen LogP contribution is 2.37. The molecule has 2 aliphatic rings. The molecule has 1 saturated carbocycles. The number of fused-ring (bicyclic) bond motifs is 1. The van der Waals surface area contributed by atoms with Crippen molar-refractivity contribution in [3.63, 3.8) is 0 Å². The lowest BCUT2D eigenvalue weighted by Crippen LogP contribution is -2.47. The van der Waals surface area contributed by atoms with Crippen LogP contribution in [-0.2, 0) is 11.3 Å². The number of rotatable bonds is 13. The van der Waals surface area contributed by atoms with Gasteiger partial charge in [0.25, 0.3) is 0 Å². The Labute approximate surface area is 216 Å². The molecule has 6 heteroatoms. The van der Waals surface area contributed by atoms with E-state index in [4.69, 9.17) is 4.99 Å². The first-order valence-electron chi connectivity index (χ1n) is 13.9. The average molecular weight is 491 g/mol. The summed E-state index contributed by atoms with van der Waals surface area (Å²) in [6.45, 7) is 5.52. The van der Waals surface area contributed by atoms with Crippen LogP contribution in [0.5, 0.6) is 0 Å². The van der Waals surface area contributed by atoms with Gasteiger partial charge in [0.05, 0.1) is 30.8 Å². The number of nitrogens with zero attached hydrogens (tertiary/aromatic N) is 3. The van der Waals surface area contributed by atoms with Crippen LogP contribution in [0.1, 0.15) is 82.9 Å². The fourth-order valence-corrected chi connectivity index (χ4v) is 5.09. The number of carbonyl (C=O) groups is 1. The van der Waals surface area contributed by atoms with Gasteiger partial charge in [-0.2, -0.15) is 0 Å². The number of amides is 1. The summed E-state index contributed by atoms with van der Waals surface area (Å²) in [7, 11) is 0. The van der Waals surface area contributed by atoms with Crippen LogP contribution in [-0.4, -0.2) is 40.5 Å². The quantitative estimate of drug-likeness (QED) is 0.389. The molecule has 3 atom stereocenters. The third-order valence-corrected chi connectivity index (χ3v) is 7.35. The Kier molecular flexibility index (Phi) is 9.51. The van der Waals surface area contributed by atoms with E-state index < -0.39 is 6.10 Å². The van der Waals surface area contributed by atoms with Crippen molar-refractivity contribution in [2.24, 2.45) is 16.8 Å². The number of para-hydroxylation sites is 1. The highest BCUT2D eigenvalue weighted by molar-refractivity contribution is 6.06. The summed E-state index contributed by atoms with van der Waals surface area (Å²) in [4.78, 5) is 25.5. The Morgan fingerprint density at radius 3 is 2.61 bits per heavy atom. The highest BCUT2D eigenvalue weighted by Gasteiger charge is 2.35. The number of benzodiazepines with no additional fused rings is 1. The number of unbranched alkanes of at least 4 members (excludes halogenated alkanes) is 2. The molecule has 2 N–H and O–H groups in total. The monoisotopic (exact) mass is 490 g/mol. The molecule has 0 spiro atoms. The summed E-state index contributed by atoms with van der Waals surface area (Å²) in [5.41, 5.74) is 4.30. The summed E-state index contributed by atoms with van der Waals surface area (Å²) in [6.07, 6.45) is 9.60. The molecule has 194 valence electrons. The van der Waals surface area contributed by atoms with Crippen molar-refractivity contribution in [1.82, 2.24) is 10.3 Å². The van der Waals surface area contributed by atoms with Crippen molar-refractivity contribution in [2.75, 3.05) is 11.4 Å². The summed E-state index contributed by atoms with van der Waals surface area (Å²) >= 11 is 0. The van der Waals surface area contributed by atoms with Gasteiger partial charge in [-0.15, -0.1) is 0 Å². The molecule has 0 bridgehead atoms. The second kappa shape index (κ2) is 13.0. The van der Waals surface area contributed by atoms with Gasteiger partial charge in [0.2, 0.25) is 5.91 Å². The van der Waals surface area contributed by atoms with Crippen molar-refractivity contribution in [3.8, 4) is 0 Å². The lowest BCUT2D eigenvalue weighted by atomic mass is 9.91. The summed E-state index contributed by atoms with van der Waals surface area (Å²) in [5.74, 6) is 0.144. The van der Waals surface area contributed by atoms with E-state index in [1.165, 1.54) is 12.8 Å². The lowest BCUT2D eigenvalue weighted by Gasteiger charge is -2.29. The Hall–Kier alpha value is -2.73. The lowest BCUT2D eigenvalue weighted by molar-refractivity contribution is -0.129. The molecule has 1 amide bonds. The van der Waals surface area contributed by atoms with E-state index >= 15 is 0 Å². The standard InChI is InChI=1S/C30H42N4O2/c1-3-5-13-26-24-12-7-8-14-27(24)34(20-23-11-9-10-18-31-23)21-29(32-26)33-30(36)25(19-22-16-17-22)28(35)15-6-4-2/h7-12,14,18,22,25,28-29,35H,3-6,13,15-17,19-21H2,1-2H3,(H,33,36). The maximum Gasteiger partial charge on any atom is 0.227 e. The molecule has 2 aromatic rings. The normalized spacial score (nSPS) is 19.1. The largest absolute Gasteiger partial charge is 0.392 e. The fraction of sp³-hybridized carbons (Fsp3) is 0.567. The van der Waals surface area contributed by atoms with Crippen LogP contribution in [0, 0.1) is 11.8 Å². The number of anilines is 1. The summed E-state index contributed by atoms with van der Waals surface area (Å²) in [5, 5.41) is 14.2. The summed E-state index contributed by atoms with van der Waals surface area (Å²) in [6, 6.07) is 14.4. The minimum absolute atomic E-state index is 0.0576. The van der Waals surface area contributed by atoms with Crippen molar-refractivity contribution >= 4 is 17.3 Å². The topological polar surface area (TPSA) is 77.8 Å². The highest BCUT2D eigenvalue weighted by atomic mass is 16.3. The number of nitrogens with one attached hydrogen (secondary N) is 1. The van der Waals surface area contributed by atoms with Crippen LogP contribution in [0.4, 0.5) is 5.69 Å². The zero-order chi connectivity index (χ0) is 25.3. The van der Waals surface area contributed by atoms with Gasteiger partial charge in [-0.05, 0) is 49.8 Å². The molecule has 36 heavy (non-hydrogen) atoms. The number of aliphatic hydroxyl groups excluding tert-OH is 1. The van der Waals surface area contributed by atoms with E-state index in [2.05, 4.69) is 53.3 Å². The van der Waals surface area contributed by atoms with E-state index in [1.54, 1.807) is 0 Å². The zero-order valence-electron chi connectivity index (χ0n) is 21.9. The minimum atomic E-state index is -0.596. The van der Waals surface area contributed by atoms with E-state index in [-0.39, 0.29) is 18.0 Å². The van der Waals surface area contributed by atoms with Crippen LogP contribution in [0.2, 0.25) is 0 Å². The van der Waals surface area contributed by atoms with Gasteiger partial charge >= 0.3 is 0 Å². The van der Waals surface area contributed by atoms with Crippen LogP contribution in [0.15, 0.2) is 53.7 Å². The molecule has 4 rings (SSSR count). The van der Waals surface area contributed by atoms with Crippen molar-refractivity contribution in [1.29, 1.82) is 0 Å². The smallest absolute Gasteiger partial charge is 0.227 e. The Morgan fingerprint density at radius 1 is 1.11 bits per heavy atom. The molecule has 0 saturated heterocycles. The zero-order valence-corrected chi connectivity index (χ0v) is 21.9. The van der Waals surface area contributed by atoms with Crippen molar-refractivity contribution in [2.45, 2.75) is 90.4 Å². The molecular formula is C30H42N4O2. The third kappa shape index (κ3) is 7.16. The number of pyridine rings is 1. The third-order valence-electron chi connectivity index (χ3n) is 7.35. The van der Waals surface area contributed by atoms with Gasteiger partial charge in [0.1, 0.15) is 6.17 Å². The maximum atomic E-state index is 13.6. The van der Waals surface area contributed by atoms with Crippen LogP contribution in [0.3, 0.4) is 0 Å². The number of carbonyl (C=O) groups excluding carboxylic acids is 1. The van der Waals surface area contributed by atoms with E-state index in [1.807, 2.05) is 24.4 Å². The Morgan fingerprint density at radius 2 is 1.89 bits per heavy atom. The molecule has 2 heterocycles. The SMILES string of the molecule is CCCCC1=NC(NC(=O)C(CC2CC2)C(O)CCCC)CN(Cc2ccccn2)c2ccccc21. The first-order valence-corrected chi connectivity index (χ1v) is 13.9. The first kappa shape index (κ1) is 26.3. The number of benzene rings is 1. The van der Waals surface area contributed by atoms with Crippen LogP contribution < -0.4 is 10.2 Å². The van der Waals surface area contributed by atoms with Gasteiger partial charge in [0.15, 0.2) is 0 Å². The van der Waals surface area contributed by atoms with Gasteiger partial charge in [-0.3, -0.25) is 14.8 Å². The minimum Gasteiger partial charge on any atom is -0.392 e. The molecule has 1 aromatic heterocycles. The molecule has 1 aliphatic heterocycles. The maximum absolute atomic E-state index is 13.6. The average Bonchev–Trinajstić information content (AvgIpc) is 3.73. The van der Waals surface area contributed by atoms with Crippen LogP contribution >= 0.6 is 0 Å². The number of hydrogen-bond acceptors (Lipinski definition) is 5. The predicted octanol–water partition coefficient (Wildman–Crippen LogP) is 5.49. The molecular weight excluding hydrogens is 448 g/mol. The number of aliphatic hydroxyl groups is 1. The predicted molar refractivity (Wildman–Crippen MR) is 146 cm³/mol. The van der Waals surface area contributed by atoms with E-state index in [9.17, 15) is 9.90 Å². The molecule has 6 nitrogen and oxygen atoms in total. The van der Waals surface area contributed by atoms with Crippen LogP contribution in [0.25, 0.3) is 0 Å². The Balaban J connectivity index is 1.59. The number of hydrogen-bond donors (Lipinski definition) is 2. The fourth-order valence-electron chi connectivity index (χ4n) is 5.09. The van der Waals surface area contributed by atoms with Gasteiger partial charge < -0.3 is 15.3 Å². The second-order valence-corrected chi connectivity index (χ2v) is 10.4. The van der Waals surface area contributed by atoms with Gasteiger partial charge in [-0.25, -0.2) is 0 Å². The first-order chi connectivity index (χ1) is 17.6. The van der Waals surface area contributed by atoms with E-state index in [0.29, 0.717) is 25.4 Å². The number of aliphatic imine (C=N–C) groups is 1. The number of aromatic nitrogens is 1. The molecule has 3 unspecified atom stereocenters. The Bertz CT molecular complexity index is 1010. The second-order valence-electron chi connectivity index (χ2n) is 10.4. The van der Waals surface area contributed by atoms with Crippen molar-refractivity contribution < 1.29 is 9.90 Å². The van der Waals surface area contributed by atoms with Gasteiger partial charge in [-0.1, -0.05) is 70.2 Å². The van der Waals surface area contributed by atoms with Crippen molar-refractivity contribution in [3.05, 3.63) is 59.9 Å². The molecule has 1 fully saturated rings. The molecule has 0 radical (unpaired) electrons. The molecule has 1 aromatic carbocycles. The van der Waals surface area contributed by atoms with Gasteiger partial charge in [0, 0.05) is 23.2 Å². The van der Waals surface area contributed by atoms with E-state index in [0.717, 1.165) is 61.2 Å².